The third kappa shape index (κ3) is 2.47. The Morgan fingerprint density at radius 1 is 1.47 bits per heavy atom. The molecule has 1 atom stereocenters. The van der Waals surface area contributed by atoms with Crippen molar-refractivity contribution in [1.82, 2.24) is 0 Å². The molecule has 0 aliphatic heterocycles. The molecule has 0 saturated carbocycles. The zero-order valence-corrected chi connectivity index (χ0v) is 10.6. The van der Waals surface area contributed by atoms with Gasteiger partial charge < -0.3 is 10.5 Å². The number of hydrogen-bond acceptors (Lipinski definition) is 3. The van der Waals surface area contributed by atoms with Gasteiger partial charge in [0.1, 0.15) is 5.75 Å². The average Bonchev–Trinajstić information content (AvgIpc) is 2.27. The fourth-order valence-corrected chi connectivity index (χ4v) is 2.44. The van der Waals surface area contributed by atoms with Crippen LogP contribution in [0.25, 0.3) is 0 Å². The predicted octanol–water partition coefficient (Wildman–Crippen LogP) is 2.79. The molecule has 1 unspecified atom stereocenters. The van der Waals surface area contributed by atoms with Gasteiger partial charge in [-0.2, -0.15) is 0 Å². The molecule has 2 nitrogen and oxygen atoms in total. The van der Waals surface area contributed by atoms with E-state index in [0.717, 1.165) is 5.75 Å². The van der Waals surface area contributed by atoms with E-state index in [0.29, 0.717) is 12.5 Å². The molecule has 15 heavy (non-hydrogen) atoms. The van der Waals surface area contributed by atoms with Crippen molar-refractivity contribution < 1.29 is 4.74 Å². The Morgan fingerprint density at radius 2 is 2.13 bits per heavy atom. The van der Waals surface area contributed by atoms with Gasteiger partial charge in [-0.15, -0.1) is 11.8 Å². The number of benzene rings is 1. The van der Waals surface area contributed by atoms with E-state index in [-0.39, 0.29) is 0 Å². The lowest BCUT2D eigenvalue weighted by Crippen LogP contribution is -2.11. The van der Waals surface area contributed by atoms with Crippen LogP contribution in [0.4, 0.5) is 0 Å². The smallest absolute Gasteiger partial charge is 0.126 e. The number of nitrogens with two attached hydrogens (primary N) is 1. The Kier molecular flexibility index (Phi) is 4.48. The summed E-state index contributed by atoms with van der Waals surface area (Å²) in [6, 6.07) is 4.24. The van der Waals surface area contributed by atoms with E-state index in [1.54, 1.807) is 18.9 Å². The summed E-state index contributed by atoms with van der Waals surface area (Å²) in [5.41, 5.74) is 8.15. The van der Waals surface area contributed by atoms with E-state index >= 15 is 0 Å². The second kappa shape index (κ2) is 5.42. The van der Waals surface area contributed by atoms with Gasteiger partial charge in [-0.25, -0.2) is 0 Å². The normalized spacial score (nSPS) is 12.6. The number of aryl methyl sites for hydroxylation is 1. The highest BCUT2D eigenvalue weighted by molar-refractivity contribution is 7.98. The molecule has 0 heterocycles. The molecule has 0 amide bonds. The fraction of sp³-hybridized carbons (Fsp3) is 0.500. The first-order valence-electron chi connectivity index (χ1n) is 5.07. The van der Waals surface area contributed by atoms with Gasteiger partial charge in [0.05, 0.1) is 7.11 Å². The molecule has 1 aromatic rings. The predicted molar refractivity (Wildman–Crippen MR) is 67.0 cm³/mol. The van der Waals surface area contributed by atoms with Crippen molar-refractivity contribution in [2.75, 3.05) is 19.9 Å². The highest BCUT2D eigenvalue weighted by atomic mass is 32.2. The van der Waals surface area contributed by atoms with Gasteiger partial charge in [0.2, 0.25) is 0 Å². The van der Waals surface area contributed by atoms with Crippen molar-refractivity contribution in [3.63, 3.8) is 0 Å². The summed E-state index contributed by atoms with van der Waals surface area (Å²) < 4.78 is 5.47. The number of rotatable bonds is 4. The highest BCUT2D eigenvalue weighted by Gasteiger charge is 2.16. The molecule has 2 N–H and O–H groups in total. The SMILES string of the molecule is COc1c(C)ccc(SC)c1C(C)CN. The topological polar surface area (TPSA) is 35.2 Å². The van der Waals surface area contributed by atoms with Gasteiger partial charge in [-0.05, 0) is 37.3 Å². The van der Waals surface area contributed by atoms with E-state index in [1.807, 2.05) is 0 Å². The Morgan fingerprint density at radius 3 is 2.60 bits per heavy atom. The average molecular weight is 225 g/mol. The molecule has 84 valence electrons. The maximum Gasteiger partial charge on any atom is 0.126 e. The number of thioether (sulfide) groups is 1. The van der Waals surface area contributed by atoms with Crippen molar-refractivity contribution >= 4 is 11.8 Å². The Hall–Kier alpha value is -0.670. The summed E-state index contributed by atoms with van der Waals surface area (Å²) in [6.45, 7) is 4.85. The maximum absolute atomic E-state index is 5.74. The van der Waals surface area contributed by atoms with Crippen LogP contribution in [-0.4, -0.2) is 19.9 Å². The molecular weight excluding hydrogens is 206 g/mol. The molecule has 0 saturated heterocycles. The molecule has 0 spiro atoms. The number of methoxy groups -OCH3 is 1. The summed E-state index contributed by atoms with van der Waals surface area (Å²) in [4.78, 5) is 1.26. The first-order valence-corrected chi connectivity index (χ1v) is 6.29. The quantitative estimate of drug-likeness (QED) is 0.800. The lowest BCUT2D eigenvalue weighted by molar-refractivity contribution is 0.401. The Balaban J connectivity index is 3.33. The molecule has 0 bridgehead atoms. The fourth-order valence-electron chi connectivity index (χ4n) is 1.72. The second-order valence-electron chi connectivity index (χ2n) is 3.67. The van der Waals surface area contributed by atoms with Crippen LogP contribution in [0.1, 0.15) is 24.0 Å². The van der Waals surface area contributed by atoms with Crippen LogP contribution < -0.4 is 10.5 Å². The van der Waals surface area contributed by atoms with Crippen LogP contribution in [0.5, 0.6) is 5.75 Å². The minimum atomic E-state index is 0.335. The van der Waals surface area contributed by atoms with Gasteiger partial charge in [-0.3, -0.25) is 0 Å². The van der Waals surface area contributed by atoms with Crippen molar-refractivity contribution in [3.8, 4) is 5.75 Å². The standard InChI is InChI=1S/C12H19NOS/c1-8-5-6-10(15-4)11(9(2)7-13)12(8)14-3/h5-6,9H,7,13H2,1-4H3. The van der Waals surface area contributed by atoms with E-state index in [1.165, 1.54) is 16.0 Å². The lowest BCUT2D eigenvalue weighted by atomic mass is 9.98. The molecule has 1 aromatic carbocycles. The third-order valence-corrected chi connectivity index (χ3v) is 3.42. The first kappa shape index (κ1) is 12.4. The van der Waals surface area contributed by atoms with Crippen LogP contribution in [0.3, 0.4) is 0 Å². The first-order chi connectivity index (χ1) is 7.15. The van der Waals surface area contributed by atoms with Crippen LogP contribution in [0.2, 0.25) is 0 Å². The summed E-state index contributed by atoms with van der Waals surface area (Å²) in [6.07, 6.45) is 2.08. The van der Waals surface area contributed by atoms with Crippen molar-refractivity contribution in [3.05, 3.63) is 23.3 Å². The zero-order chi connectivity index (χ0) is 11.4. The lowest BCUT2D eigenvalue weighted by Gasteiger charge is -2.19. The van der Waals surface area contributed by atoms with E-state index in [2.05, 4.69) is 32.2 Å². The van der Waals surface area contributed by atoms with Gasteiger partial charge in [0.15, 0.2) is 0 Å². The highest BCUT2D eigenvalue weighted by Crippen LogP contribution is 2.36. The van der Waals surface area contributed by atoms with Crippen molar-refractivity contribution in [2.24, 2.45) is 5.73 Å². The molecule has 0 fully saturated rings. The van der Waals surface area contributed by atoms with E-state index in [4.69, 9.17) is 10.5 Å². The van der Waals surface area contributed by atoms with Crippen molar-refractivity contribution in [2.45, 2.75) is 24.7 Å². The zero-order valence-electron chi connectivity index (χ0n) is 9.83. The Labute approximate surface area is 96.2 Å². The maximum atomic E-state index is 5.74. The summed E-state index contributed by atoms with van der Waals surface area (Å²) >= 11 is 1.74. The molecule has 0 aliphatic rings. The molecule has 3 heteroatoms. The van der Waals surface area contributed by atoms with Crippen molar-refractivity contribution in [1.29, 1.82) is 0 Å². The minimum Gasteiger partial charge on any atom is -0.496 e. The van der Waals surface area contributed by atoms with Crippen LogP contribution in [-0.2, 0) is 0 Å². The monoisotopic (exact) mass is 225 g/mol. The Bertz CT molecular complexity index is 339. The van der Waals surface area contributed by atoms with E-state index < -0.39 is 0 Å². The third-order valence-electron chi connectivity index (χ3n) is 2.62. The largest absolute Gasteiger partial charge is 0.496 e. The second-order valence-corrected chi connectivity index (χ2v) is 4.52. The number of ether oxygens (including phenoxy) is 1. The minimum absolute atomic E-state index is 0.335. The molecular formula is C12H19NOS. The summed E-state index contributed by atoms with van der Waals surface area (Å²) in [5, 5.41) is 0. The van der Waals surface area contributed by atoms with Gasteiger partial charge >= 0.3 is 0 Å². The molecule has 0 aliphatic carbocycles. The van der Waals surface area contributed by atoms with Gasteiger partial charge in [0.25, 0.3) is 0 Å². The molecule has 0 radical (unpaired) electrons. The van der Waals surface area contributed by atoms with Crippen LogP contribution >= 0.6 is 11.8 Å². The molecule has 1 rings (SSSR count). The van der Waals surface area contributed by atoms with E-state index in [9.17, 15) is 0 Å². The summed E-state index contributed by atoms with van der Waals surface area (Å²) in [5.74, 6) is 1.32. The van der Waals surface area contributed by atoms with Gasteiger partial charge in [0, 0.05) is 10.5 Å². The van der Waals surface area contributed by atoms with Crippen LogP contribution in [0.15, 0.2) is 17.0 Å². The summed E-state index contributed by atoms with van der Waals surface area (Å²) in [7, 11) is 1.72. The molecule has 0 aromatic heterocycles. The van der Waals surface area contributed by atoms with Gasteiger partial charge in [-0.1, -0.05) is 13.0 Å². The number of hydrogen-bond donors (Lipinski definition) is 1. The van der Waals surface area contributed by atoms with Crippen LogP contribution in [0, 0.1) is 6.92 Å².